The van der Waals surface area contributed by atoms with Crippen molar-refractivity contribution < 1.29 is 19.4 Å². The molecule has 1 aromatic heterocycles. The second kappa shape index (κ2) is 10.7. The number of fused-ring (bicyclic) bond motifs is 4. The summed E-state index contributed by atoms with van der Waals surface area (Å²) < 4.78 is 10.4. The van der Waals surface area contributed by atoms with Crippen molar-refractivity contribution in [2.45, 2.75) is 31.4 Å². The Morgan fingerprint density at radius 2 is 2.28 bits per heavy atom. The molecule has 3 aliphatic heterocycles. The average Bonchev–Trinajstić information content (AvgIpc) is 2.85. The lowest BCUT2D eigenvalue weighted by Gasteiger charge is -2.51. The quantitative estimate of drug-likeness (QED) is 0.331. The number of hydrogen-bond acceptors (Lipinski definition) is 7. The van der Waals surface area contributed by atoms with E-state index in [1.54, 1.807) is 13.3 Å². The van der Waals surface area contributed by atoms with Crippen molar-refractivity contribution in [1.82, 2.24) is 9.88 Å². The number of aliphatic hydroxyl groups is 1. The fraction of sp³-hybridized carbons (Fsp3) is 0.520. The number of aliphatic hydroxyl groups excluding tert-OH is 1. The van der Waals surface area contributed by atoms with Gasteiger partial charge in [-0.1, -0.05) is 6.58 Å². The van der Waals surface area contributed by atoms with Gasteiger partial charge in [-0.25, -0.2) is 4.79 Å². The summed E-state index contributed by atoms with van der Waals surface area (Å²) in [6, 6.07) is 7.92. The fourth-order valence-corrected chi connectivity index (χ4v) is 6.05. The molecule has 2 bridgehead atoms. The van der Waals surface area contributed by atoms with E-state index >= 15 is 0 Å². The third-order valence-corrected chi connectivity index (χ3v) is 7.85. The molecular formula is C25H32N2O4S. The van der Waals surface area contributed by atoms with Crippen molar-refractivity contribution >= 4 is 28.6 Å². The normalized spacial score (nSPS) is 25.4. The monoisotopic (exact) mass is 456 g/mol. The maximum absolute atomic E-state index is 11.4. The molecule has 0 aliphatic carbocycles. The Labute approximate surface area is 194 Å². The Bertz CT molecular complexity index is 953. The first-order valence-electron chi connectivity index (χ1n) is 11.3. The molecule has 3 saturated heterocycles. The first kappa shape index (κ1) is 23.1. The predicted molar refractivity (Wildman–Crippen MR) is 128 cm³/mol. The number of esters is 1. The minimum absolute atomic E-state index is 0.146. The van der Waals surface area contributed by atoms with Crippen molar-refractivity contribution in [2.24, 2.45) is 11.8 Å². The number of hydrogen-bond donors (Lipinski definition) is 1. The van der Waals surface area contributed by atoms with E-state index in [2.05, 4.69) is 16.5 Å². The van der Waals surface area contributed by atoms with Gasteiger partial charge in [0, 0.05) is 36.0 Å². The van der Waals surface area contributed by atoms with Gasteiger partial charge >= 0.3 is 5.97 Å². The highest BCUT2D eigenvalue weighted by Gasteiger charge is 2.43. The first-order valence-corrected chi connectivity index (χ1v) is 12.5. The van der Waals surface area contributed by atoms with Crippen LogP contribution >= 0.6 is 11.8 Å². The summed E-state index contributed by atoms with van der Waals surface area (Å²) >= 11 is 1.84. The largest absolute Gasteiger partial charge is 0.497 e. The van der Waals surface area contributed by atoms with E-state index < -0.39 is 6.10 Å². The maximum Gasteiger partial charge on any atom is 0.330 e. The Balaban J connectivity index is 1.34. The summed E-state index contributed by atoms with van der Waals surface area (Å²) in [5, 5.41) is 12.4. The predicted octanol–water partition coefficient (Wildman–Crippen LogP) is 3.84. The van der Waals surface area contributed by atoms with Crippen molar-refractivity contribution in [3.05, 3.63) is 48.7 Å². The minimum atomic E-state index is -0.537. The van der Waals surface area contributed by atoms with Crippen LogP contribution < -0.4 is 4.74 Å². The first-order chi connectivity index (χ1) is 15.6. The average molecular weight is 457 g/mol. The lowest BCUT2D eigenvalue weighted by atomic mass is 9.72. The molecule has 3 aliphatic rings. The van der Waals surface area contributed by atoms with Crippen molar-refractivity contribution in [3.8, 4) is 5.75 Å². The number of benzene rings is 1. The molecule has 5 rings (SSSR count). The number of ether oxygens (including phenoxy) is 2. The van der Waals surface area contributed by atoms with E-state index in [-0.39, 0.29) is 12.0 Å². The lowest BCUT2D eigenvalue weighted by Crippen LogP contribution is -2.55. The number of thioether (sulfide) groups is 1. The number of rotatable bonds is 10. The smallest absolute Gasteiger partial charge is 0.330 e. The molecule has 4 heterocycles. The molecule has 0 saturated carbocycles. The fourth-order valence-electron chi connectivity index (χ4n) is 5.17. The molecular weight excluding hydrogens is 424 g/mol. The van der Waals surface area contributed by atoms with Crippen LogP contribution in [-0.2, 0) is 9.53 Å². The molecule has 32 heavy (non-hydrogen) atoms. The van der Waals surface area contributed by atoms with Crippen LogP contribution in [0.4, 0.5) is 0 Å². The van der Waals surface area contributed by atoms with Crippen LogP contribution in [0.3, 0.4) is 0 Å². The summed E-state index contributed by atoms with van der Waals surface area (Å²) in [4.78, 5) is 18.0. The highest BCUT2D eigenvalue weighted by molar-refractivity contribution is 7.99. The zero-order valence-corrected chi connectivity index (χ0v) is 19.4. The van der Waals surface area contributed by atoms with Crippen molar-refractivity contribution in [2.75, 3.05) is 38.3 Å². The van der Waals surface area contributed by atoms with Gasteiger partial charge in [0.05, 0.1) is 18.7 Å². The molecule has 0 radical (unpaired) electrons. The lowest BCUT2D eigenvalue weighted by molar-refractivity contribution is -0.137. The van der Waals surface area contributed by atoms with Crippen LogP contribution in [0.1, 0.15) is 30.9 Å². The second-order valence-corrected chi connectivity index (χ2v) is 9.83. The summed E-state index contributed by atoms with van der Waals surface area (Å²) in [6.07, 6.45) is 5.86. The number of pyridine rings is 1. The van der Waals surface area contributed by atoms with Crippen LogP contribution in [0.25, 0.3) is 10.9 Å². The number of methoxy groups -OCH3 is 1. The van der Waals surface area contributed by atoms with Gasteiger partial charge in [-0.15, -0.1) is 0 Å². The van der Waals surface area contributed by atoms with Crippen LogP contribution in [-0.4, -0.2) is 65.3 Å². The molecule has 5 atom stereocenters. The SMILES string of the molecule is C=CC(=O)OCCSCCC1CN2CCC1CC2C(O)c1ccnc2ccc(OC)cc12. The molecule has 1 N–H and O–H groups in total. The number of piperidine rings is 3. The van der Waals surface area contributed by atoms with Gasteiger partial charge in [-0.3, -0.25) is 9.88 Å². The molecule has 172 valence electrons. The maximum atomic E-state index is 11.4. The zero-order valence-electron chi connectivity index (χ0n) is 18.6. The number of aromatic nitrogens is 1. The van der Waals surface area contributed by atoms with E-state index in [4.69, 9.17) is 9.47 Å². The minimum Gasteiger partial charge on any atom is -0.497 e. The second-order valence-electron chi connectivity index (χ2n) is 8.61. The summed E-state index contributed by atoms with van der Waals surface area (Å²) in [7, 11) is 1.66. The Hall–Kier alpha value is -2.09. The summed E-state index contributed by atoms with van der Waals surface area (Å²) in [5.74, 6) is 3.64. The molecule has 0 spiro atoms. The van der Waals surface area contributed by atoms with E-state index in [0.717, 1.165) is 53.2 Å². The van der Waals surface area contributed by atoms with Crippen LogP contribution in [0, 0.1) is 11.8 Å². The number of carbonyl (C=O) groups excluding carboxylic acids is 1. The van der Waals surface area contributed by atoms with Gasteiger partial charge < -0.3 is 14.6 Å². The zero-order chi connectivity index (χ0) is 22.5. The Morgan fingerprint density at radius 3 is 3.03 bits per heavy atom. The summed E-state index contributed by atoms with van der Waals surface area (Å²) in [5.41, 5.74) is 1.82. The van der Waals surface area contributed by atoms with E-state index in [1.807, 2.05) is 36.0 Å². The highest BCUT2D eigenvalue weighted by Crippen LogP contribution is 2.43. The van der Waals surface area contributed by atoms with E-state index in [1.165, 1.54) is 18.9 Å². The molecule has 0 amide bonds. The molecule has 1 aromatic carbocycles. The third-order valence-electron chi connectivity index (χ3n) is 6.87. The van der Waals surface area contributed by atoms with Gasteiger partial charge in [-0.05, 0) is 73.2 Å². The van der Waals surface area contributed by atoms with Crippen molar-refractivity contribution in [3.63, 3.8) is 0 Å². The molecule has 2 aromatic rings. The third kappa shape index (κ3) is 5.11. The van der Waals surface area contributed by atoms with Gasteiger partial charge in [0.1, 0.15) is 12.4 Å². The highest BCUT2D eigenvalue weighted by atomic mass is 32.2. The van der Waals surface area contributed by atoms with Crippen LogP contribution in [0.2, 0.25) is 0 Å². The summed E-state index contributed by atoms with van der Waals surface area (Å²) in [6.45, 7) is 5.95. The van der Waals surface area contributed by atoms with Crippen molar-refractivity contribution in [1.29, 1.82) is 0 Å². The Morgan fingerprint density at radius 1 is 1.41 bits per heavy atom. The van der Waals surface area contributed by atoms with Gasteiger partial charge in [0.2, 0.25) is 0 Å². The standard InChI is InChI=1S/C25H32N2O4S/c1-3-24(28)31-11-13-32-12-8-18-16-27-10-7-17(18)14-23(27)25(29)20-6-9-26-22-5-4-19(30-2)15-21(20)22/h3-6,9,15,17-18,23,25,29H,1,7-8,10-14,16H2,2H3. The Kier molecular flexibility index (Phi) is 7.71. The van der Waals surface area contributed by atoms with Crippen LogP contribution in [0.15, 0.2) is 43.1 Å². The molecule has 7 heteroatoms. The van der Waals surface area contributed by atoms with Gasteiger partial charge in [0.15, 0.2) is 0 Å². The molecule has 3 fully saturated rings. The van der Waals surface area contributed by atoms with Gasteiger partial charge in [-0.2, -0.15) is 11.8 Å². The van der Waals surface area contributed by atoms with E-state index in [9.17, 15) is 9.90 Å². The topological polar surface area (TPSA) is 71.9 Å². The number of nitrogens with zero attached hydrogens (tertiary/aromatic N) is 2. The van der Waals surface area contributed by atoms with Gasteiger partial charge in [0.25, 0.3) is 0 Å². The number of carbonyl (C=O) groups is 1. The molecule has 6 nitrogen and oxygen atoms in total. The van der Waals surface area contributed by atoms with Crippen LogP contribution in [0.5, 0.6) is 5.75 Å². The van der Waals surface area contributed by atoms with E-state index in [0.29, 0.717) is 18.4 Å². The molecule has 5 unspecified atom stereocenters.